The van der Waals surface area contributed by atoms with Gasteiger partial charge in [-0.2, -0.15) is 5.10 Å². The van der Waals surface area contributed by atoms with Crippen molar-refractivity contribution in [2.24, 2.45) is 0 Å². The highest BCUT2D eigenvalue weighted by molar-refractivity contribution is 6.03. The van der Waals surface area contributed by atoms with Gasteiger partial charge in [-0.3, -0.25) is 0 Å². The molecule has 0 aliphatic carbocycles. The van der Waals surface area contributed by atoms with Crippen LogP contribution in [0.4, 0.5) is 0 Å². The summed E-state index contributed by atoms with van der Waals surface area (Å²) >= 11 is 0. The minimum atomic E-state index is -0.336. The fourth-order valence-electron chi connectivity index (χ4n) is 2.41. The van der Waals surface area contributed by atoms with E-state index in [2.05, 4.69) is 5.10 Å². The number of carbonyl (C=O) groups excluding carboxylic acids is 1. The smallest absolute Gasteiger partial charge is 0.342 e. The Bertz CT molecular complexity index is 791. The third kappa shape index (κ3) is 2.29. The molecule has 0 radical (unpaired) electrons. The second kappa shape index (κ2) is 5.40. The maximum atomic E-state index is 12.3. The molecule has 0 atom stereocenters. The molecule has 2 aromatic heterocycles. The van der Waals surface area contributed by atoms with E-state index in [1.54, 1.807) is 11.4 Å². The Morgan fingerprint density at radius 3 is 2.62 bits per heavy atom. The fourth-order valence-corrected chi connectivity index (χ4v) is 2.41. The Labute approximate surface area is 123 Å². The number of hydrogen-bond acceptors (Lipinski definition) is 3. The van der Waals surface area contributed by atoms with Crippen LogP contribution in [0.1, 0.15) is 23.0 Å². The Kier molecular flexibility index (Phi) is 3.44. The summed E-state index contributed by atoms with van der Waals surface area (Å²) in [6.07, 6.45) is 0. The van der Waals surface area contributed by atoms with E-state index in [1.165, 1.54) is 0 Å². The zero-order valence-corrected chi connectivity index (χ0v) is 12.0. The van der Waals surface area contributed by atoms with Gasteiger partial charge in [0.1, 0.15) is 11.3 Å². The van der Waals surface area contributed by atoms with Crippen molar-refractivity contribution in [1.29, 1.82) is 0 Å². The lowest BCUT2D eigenvalue weighted by Crippen LogP contribution is -2.05. The Morgan fingerprint density at radius 2 is 1.90 bits per heavy atom. The molecule has 0 amide bonds. The molecule has 0 unspecified atom stereocenters. The number of aryl methyl sites for hydroxylation is 1. The fraction of sp³-hybridized carbons (Fsp3) is 0.176. The van der Waals surface area contributed by atoms with E-state index in [0.717, 1.165) is 16.8 Å². The van der Waals surface area contributed by atoms with Gasteiger partial charge in [-0.15, -0.1) is 0 Å². The zero-order chi connectivity index (χ0) is 14.8. The van der Waals surface area contributed by atoms with Gasteiger partial charge in [-0.1, -0.05) is 36.4 Å². The van der Waals surface area contributed by atoms with E-state index in [4.69, 9.17) is 4.74 Å². The maximum absolute atomic E-state index is 12.3. The van der Waals surface area contributed by atoms with Crippen molar-refractivity contribution in [2.45, 2.75) is 13.8 Å². The summed E-state index contributed by atoms with van der Waals surface area (Å²) in [4.78, 5) is 12.3. The van der Waals surface area contributed by atoms with Crippen LogP contribution in [-0.4, -0.2) is 22.2 Å². The van der Waals surface area contributed by atoms with E-state index in [0.29, 0.717) is 17.9 Å². The second-order valence-corrected chi connectivity index (χ2v) is 4.77. The van der Waals surface area contributed by atoms with Crippen molar-refractivity contribution < 1.29 is 9.53 Å². The number of benzene rings is 1. The molecule has 21 heavy (non-hydrogen) atoms. The van der Waals surface area contributed by atoms with Crippen LogP contribution in [0.5, 0.6) is 0 Å². The SMILES string of the molecule is CCOC(=O)c1c(-c2ccccc2)nn2c(C)cccc12. The van der Waals surface area contributed by atoms with Crippen LogP contribution in [-0.2, 0) is 4.74 Å². The van der Waals surface area contributed by atoms with Gasteiger partial charge in [0, 0.05) is 11.3 Å². The summed E-state index contributed by atoms with van der Waals surface area (Å²) in [6.45, 7) is 4.11. The van der Waals surface area contributed by atoms with Gasteiger partial charge >= 0.3 is 5.97 Å². The molecule has 3 aromatic rings. The van der Waals surface area contributed by atoms with Crippen LogP contribution in [0.25, 0.3) is 16.8 Å². The van der Waals surface area contributed by atoms with E-state index in [-0.39, 0.29) is 5.97 Å². The topological polar surface area (TPSA) is 43.6 Å². The monoisotopic (exact) mass is 280 g/mol. The normalized spacial score (nSPS) is 10.8. The molecule has 0 aliphatic heterocycles. The van der Waals surface area contributed by atoms with Gasteiger partial charge in [0.15, 0.2) is 0 Å². The first-order valence-electron chi connectivity index (χ1n) is 6.93. The van der Waals surface area contributed by atoms with Gasteiger partial charge in [0.05, 0.1) is 12.1 Å². The number of rotatable bonds is 3. The molecule has 0 N–H and O–H groups in total. The quantitative estimate of drug-likeness (QED) is 0.690. The minimum absolute atomic E-state index is 0.336. The lowest BCUT2D eigenvalue weighted by atomic mass is 10.1. The maximum Gasteiger partial charge on any atom is 0.342 e. The van der Waals surface area contributed by atoms with Gasteiger partial charge in [-0.05, 0) is 26.0 Å². The highest BCUT2D eigenvalue weighted by Gasteiger charge is 2.22. The molecule has 3 rings (SSSR count). The Hall–Kier alpha value is -2.62. The molecule has 1 aromatic carbocycles. The van der Waals surface area contributed by atoms with E-state index in [1.807, 2.05) is 55.5 Å². The van der Waals surface area contributed by atoms with Crippen LogP contribution in [0, 0.1) is 6.92 Å². The van der Waals surface area contributed by atoms with Crippen LogP contribution in [0.3, 0.4) is 0 Å². The summed E-state index contributed by atoms with van der Waals surface area (Å²) in [5, 5.41) is 4.60. The molecule has 4 nitrogen and oxygen atoms in total. The molecule has 2 heterocycles. The van der Waals surface area contributed by atoms with Crippen LogP contribution in [0.2, 0.25) is 0 Å². The van der Waals surface area contributed by atoms with Crippen LogP contribution < -0.4 is 0 Å². The highest BCUT2D eigenvalue weighted by Crippen LogP contribution is 2.27. The number of ether oxygens (including phenoxy) is 1. The predicted molar refractivity (Wildman–Crippen MR) is 81.3 cm³/mol. The Balaban J connectivity index is 2.30. The number of pyridine rings is 1. The lowest BCUT2D eigenvalue weighted by molar-refractivity contribution is 0.0529. The van der Waals surface area contributed by atoms with Crippen molar-refractivity contribution in [2.75, 3.05) is 6.61 Å². The summed E-state index contributed by atoms with van der Waals surface area (Å²) in [5.74, 6) is -0.336. The van der Waals surface area contributed by atoms with Gasteiger partial charge < -0.3 is 4.74 Å². The van der Waals surface area contributed by atoms with Crippen molar-refractivity contribution in [3.63, 3.8) is 0 Å². The van der Waals surface area contributed by atoms with Crippen LogP contribution in [0.15, 0.2) is 48.5 Å². The summed E-state index contributed by atoms with van der Waals surface area (Å²) in [5.41, 5.74) is 3.83. The van der Waals surface area contributed by atoms with Crippen molar-refractivity contribution in [3.8, 4) is 11.3 Å². The van der Waals surface area contributed by atoms with Gasteiger partial charge in [0.2, 0.25) is 0 Å². The molecular weight excluding hydrogens is 264 g/mol. The predicted octanol–water partition coefficient (Wildman–Crippen LogP) is 3.49. The third-order valence-electron chi connectivity index (χ3n) is 3.37. The summed E-state index contributed by atoms with van der Waals surface area (Å²) in [6, 6.07) is 15.5. The van der Waals surface area contributed by atoms with E-state index < -0.39 is 0 Å². The number of fused-ring (bicyclic) bond motifs is 1. The number of aromatic nitrogens is 2. The first kappa shape index (κ1) is 13.4. The molecular formula is C17H16N2O2. The van der Waals surface area contributed by atoms with Crippen molar-refractivity contribution in [3.05, 3.63) is 59.8 Å². The molecule has 0 spiro atoms. The number of hydrogen-bond donors (Lipinski definition) is 0. The largest absolute Gasteiger partial charge is 0.462 e. The summed E-state index contributed by atoms with van der Waals surface area (Å²) in [7, 11) is 0. The molecule has 0 bridgehead atoms. The van der Waals surface area contributed by atoms with E-state index >= 15 is 0 Å². The number of nitrogens with zero attached hydrogens (tertiary/aromatic N) is 2. The standard InChI is InChI=1S/C17H16N2O2/c1-3-21-17(20)15-14-11-7-8-12(2)19(14)18-16(15)13-9-5-4-6-10-13/h4-11H,3H2,1-2H3. The molecule has 0 aliphatic rings. The van der Waals surface area contributed by atoms with Crippen LogP contribution >= 0.6 is 0 Å². The first-order chi connectivity index (χ1) is 10.2. The van der Waals surface area contributed by atoms with Gasteiger partial charge in [-0.25, -0.2) is 9.31 Å². The first-order valence-corrected chi connectivity index (χ1v) is 6.93. The molecule has 4 heteroatoms. The lowest BCUT2D eigenvalue weighted by Gasteiger charge is -2.03. The number of esters is 1. The average Bonchev–Trinajstić information content (AvgIpc) is 2.89. The third-order valence-corrected chi connectivity index (χ3v) is 3.37. The van der Waals surface area contributed by atoms with E-state index in [9.17, 15) is 4.79 Å². The molecule has 0 fully saturated rings. The van der Waals surface area contributed by atoms with Gasteiger partial charge in [0.25, 0.3) is 0 Å². The van der Waals surface area contributed by atoms with Crippen molar-refractivity contribution in [1.82, 2.24) is 9.61 Å². The zero-order valence-electron chi connectivity index (χ0n) is 12.0. The molecule has 106 valence electrons. The molecule has 0 saturated carbocycles. The average molecular weight is 280 g/mol. The summed E-state index contributed by atoms with van der Waals surface area (Å²) < 4.78 is 6.99. The highest BCUT2D eigenvalue weighted by atomic mass is 16.5. The Morgan fingerprint density at radius 1 is 1.14 bits per heavy atom. The second-order valence-electron chi connectivity index (χ2n) is 4.77. The minimum Gasteiger partial charge on any atom is -0.462 e. The van der Waals surface area contributed by atoms with Crippen molar-refractivity contribution >= 4 is 11.5 Å². The molecule has 0 saturated heterocycles. The number of carbonyl (C=O) groups is 1.